The Balaban J connectivity index is 1.21. The molecule has 0 unspecified atom stereocenters. The van der Waals surface area contributed by atoms with Crippen LogP contribution in [0.25, 0.3) is 51.1 Å². The van der Waals surface area contributed by atoms with Crippen molar-refractivity contribution >= 4 is 125 Å². The van der Waals surface area contributed by atoms with Crippen LogP contribution >= 0.6 is 22.7 Å². The van der Waals surface area contributed by atoms with E-state index in [-0.39, 0.29) is 0 Å². The average molecular weight is 842 g/mol. The quantitative estimate of drug-likeness (QED) is 0.143. The van der Waals surface area contributed by atoms with Gasteiger partial charge >= 0.3 is 0 Å². The smallest absolute Gasteiger partial charge is 0.0640 e. The van der Waals surface area contributed by atoms with E-state index in [2.05, 4.69) is 251 Å². The SMILES string of the molecule is c1ccc(N(c2ccccc2)c2cc3c(sc4cc(N(c5ccccc5)c5cccc6c5sc5ccccc56)cc(N(c5ccccc5)c5ccccc5)c43)c3ccccc23)cc1. The lowest BCUT2D eigenvalue weighted by Gasteiger charge is -2.30. The highest BCUT2D eigenvalue weighted by molar-refractivity contribution is 7.27. The molecule has 0 atom stereocenters. The van der Waals surface area contributed by atoms with Crippen LogP contribution in [0.4, 0.5) is 51.2 Å². The predicted molar refractivity (Wildman–Crippen MR) is 274 cm³/mol. The van der Waals surface area contributed by atoms with E-state index in [1.54, 1.807) is 0 Å². The number of anilines is 9. The molecule has 2 aromatic heterocycles. The van der Waals surface area contributed by atoms with Crippen LogP contribution in [0.2, 0.25) is 0 Å². The Labute approximate surface area is 374 Å². The van der Waals surface area contributed by atoms with Crippen molar-refractivity contribution in [3.8, 4) is 0 Å². The van der Waals surface area contributed by atoms with E-state index in [0.29, 0.717) is 0 Å². The first-order valence-corrected chi connectivity index (χ1v) is 22.9. The first kappa shape index (κ1) is 37.1. The molecule has 0 fully saturated rings. The zero-order chi connectivity index (χ0) is 41.7. The molecule has 10 aromatic carbocycles. The van der Waals surface area contributed by atoms with E-state index in [1.165, 1.54) is 51.1 Å². The topological polar surface area (TPSA) is 9.72 Å². The van der Waals surface area contributed by atoms with E-state index < -0.39 is 0 Å². The molecule has 0 spiro atoms. The fourth-order valence-electron chi connectivity index (χ4n) is 9.24. The van der Waals surface area contributed by atoms with Gasteiger partial charge in [-0.3, -0.25) is 0 Å². The van der Waals surface area contributed by atoms with Crippen molar-refractivity contribution in [1.29, 1.82) is 0 Å². The van der Waals surface area contributed by atoms with Crippen molar-refractivity contribution in [3.05, 3.63) is 237 Å². The average Bonchev–Trinajstić information content (AvgIpc) is 3.93. The standard InChI is InChI=1S/C58H39N3S2/c1-6-21-40(22-7-1)59(41-23-8-2-9-24-41)52-39-50-56-53(60(42-25-10-3-11-26-42)43-27-12-4-13-28-43)37-45(38-55(56)63-57(50)48-33-17-16-31-46(48)52)61(44-29-14-5-15-30-44)51-35-20-34-49-47-32-18-19-36-54(47)62-58(49)51/h1-39H. The van der Waals surface area contributed by atoms with Gasteiger partial charge < -0.3 is 14.7 Å². The largest absolute Gasteiger partial charge is 0.310 e. The molecule has 0 bridgehead atoms. The molecule has 0 saturated carbocycles. The van der Waals surface area contributed by atoms with Gasteiger partial charge in [-0.05, 0) is 91.0 Å². The molecule has 0 N–H and O–H groups in total. The maximum Gasteiger partial charge on any atom is 0.0640 e. The van der Waals surface area contributed by atoms with E-state index in [4.69, 9.17) is 0 Å². The Bertz CT molecular complexity index is 3490. The van der Waals surface area contributed by atoms with E-state index >= 15 is 0 Å². The molecule has 0 aliphatic rings. The number of hydrogen-bond donors (Lipinski definition) is 0. The maximum atomic E-state index is 2.47. The predicted octanol–water partition coefficient (Wildman–Crippen LogP) is 18.0. The summed E-state index contributed by atoms with van der Waals surface area (Å²) in [5, 5.41) is 7.43. The molecule has 3 nitrogen and oxygen atoms in total. The van der Waals surface area contributed by atoms with Gasteiger partial charge in [0.2, 0.25) is 0 Å². The Morgan fingerprint density at radius 2 is 0.651 bits per heavy atom. The van der Waals surface area contributed by atoms with Crippen LogP contribution in [0, 0.1) is 0 Å². The fraction of sp³-hybridized carbons (Fsp3) is 0. The second kappa shape index (κ2) is 15.6. The minimum atomic E-state index is 1.09. The Hall–Kier alpha value is -7.70. The van der Waals surface area contributed by atoms with Gasteiger partial charge in [0.25, 0.3) is 0 Å². The van der Waals surface area contributed by atoms with Crippen LogP contribution in [0.1, 0.15) is 0 Å². The lowest BCUT2D eigenvalue weighted by atomic mass is 10.00. The normalized spacial score (nSPS) is 11.5. The molecule has 0 radical (unpaired) electrons. The van der Waals surface area contributed by atoms with E-state index in [0.717, 1.165) is 51.2 Å². The molecule has 12 rings (SSSR count). The highest BCUT2D eigenvalue weighted by atomic mass is 32.1. The summed E-state index contributed by atoms with van der Waals surface area (Å²) in [7, 11) is 0. The molecular formula is C58H39N3S2. The summed E-state index contributed by atoms with van der Waals surface area (Å²) in [6.45, 7) is 0. The molecule has 0 saturated heterocycles. The summed E-state index contributed by atoms with van der Waals surface area (Å²) in [4.78, 5) is 7.33. The Morgan fingerprint density at radius 3 is 1.21 bits per heavy atom. The molecule has 5 heteroatoms. The number of rotatable bonds is 9. The second-order valence-corrected chi connectivity index (χ2v) is 17.8. The molecular weight excluding hydrogens is 803 g/mol. The number of nitrogens with zero attached hydrogens (tertiary/aromatic N) is 3. The summed E-state index contributed by atoms with van der Waals surface area (Å²) in [6.07, 6.45) is 0. The number of fused-ring (bicyclic) bond motifs is 8. The lowest BCUT2D eigenvalue weighted by molar-refractivity contribution is 1.27. The van der Waals surface area contributed by atoms with Crippen LogP contribution < -0.4 is 14.7 Å². The first-order valence-electron chi connectivity index (χ1n) is 21.3. The molecule has 2 heterocycles. The minimum absolute atomic E-state index is 1.09. The minimum Gasteiger partial charge on any atom is -0.310 e. The monoisotopic (exact) mass is 841 g/mol. The van der Waals surface area contributed by atoms with E-state index in [1.807, 2.05) is 22.7 Å². The molecule has 63 heavy (non-hydrogen) atoms. The highest BCUT2D eigenvalue weighted by Gasteiger charge is 2.26. The summed E-state index contributed by atoms with van der Waals surface area (Å²) >= 11 is 3.75. The highest BCUT2D eigenvalue weighted by Crippen LogP contribution is 2.53. The van der Waals surface area contributed by atoms with Crippen molar-refractivity contribution in [1.82, 2.24) is 0 Å². The Morgan fingerprint density at radius 1 is 0.238 bits per heavy atom. The number of hydrogen-bond acceptors (Lipinski definition) is 5. The van der Waals surface area contributed by atoms with Gasteiger partial charge in [-0.1, -0.05) is 146 Å². The lowest BCUT2D eigenvalue weighted by Crippen LogP contribution is -2.13. The van der Waals surface area contributed by atoms with Crippen molar-refractivity contribution in [2.45, 2.75) is 0 Å². The molecule has 0 amide bonds. The van der Waals surface area contributed by atoms with Crippen LogP contribution in [-0.4, -0.2) is 0 Å². The number of benzene rings is 10. The number of para-hydroxylation sites is 5. The Kier molecular flexibility index (Phi) is 9.21. The second-order valence-electron chi connectivity index (χ2n) is 15.7. The van der Waals surface area contributed by atoms with Crippen LogP contribution in [-0.2, 0) is 0 Å². The van der Waals surface area contributed by atoms with Gasteiger partial charge in [-0.15, -0.1) is 22.7 Å². The third-order valence-corrected chi connectivity index (χ3v) is 14.4. The maximum absolute atomic E-state index is 2.47. The van der Waals surface area contributed by atoms with Crippen molar-refractivity contribution in [2.75, 3.05) is 14.7 Å². The molecule has 12 aromatic rings. The van der Waals surface area contributed by atoms with E-state index in [9.17, 15) is 0 Å². The van der Waals surface area contributed by atoms with Crippen LogP contribution in [0.3, 0.4) is 0 Å². The third-order valence-electron chi connectivity index (χ3n) is 12.0. The zero-order valence-electron chi connectivity index (χ0n) is 34.2. The van der Waals surface area contributed by atoms with Gasteiger partial charge in [0, 0.05) is 80.5 Å². The third kappa shape index (κ3) is 6.40. The number of thiophene rings is 2. The van der Waals surface area contributed by atoms with Crippen molar-refractivity contribution in [2.24, 2.45) is 0 Å². The van der Waals surface area contributed by atoms with Gasteiger partial charge in [-0.2, -0.15) is 0 Å². The molecule has 0 aliphatic heterocycles. The van der Waals surface area contributed by atoms with Gasteiger partial charge in [0.15, 0.2) is 0 Å². The van der Waals surface area contributed by atoms with Crippen LogP contribution in [0.5, 0.6) is 0 Å². The summed E-state index contributed by atoms with van der Waals surface area (Å²) < 4.78 is 5.03. The van der Waals surface area contributed by atoms with Gasteiger partial charge in [-0.25, -0.2) is 0 Å². The fourth-order valence-corrected chi connectivity index (χ4v) is 11.7. The summed E-state index contributed by atoms with van der Waals surface area (Å²) in [5.74, 6) is 0. The summed E-state index contributed by atoms with van der Waals surface area (Å²) in [6, 6.07) is 85.8. The van der Waals surface area contributed by atoms with Crippen molar-refractivity contribution < 1.29 is 0 Å². The first-order chi connectivity index (χ1) is 31.3. The van der Waals surface area contributed by atoms with Gasteiger partial charge in [0.1, 0.15) is 0 Å². The van der Waals surface area contributed by atoms with Crippen molar-refractivity contribution in [3.63, 3.8) is 0 Å². The molecule has 0 aliphatic carbocycles. The molecule has 298 valence electrons. The van der Waals surface area contributed by atoms with Gasteiger partial charge in [0.05, 0.1) is 21.8 Å². The summed E-state index contributed by atoms with van der Waals surface area (Å²) in [5.41, 5.74) is 10.0. The zero-order valence-corrected chi connectivity index (χ0v) is 35.8. The van der Waals surface area contributed by atoms with Crippen LogP contribution in [0.15, 0.2) is 237 Å².